The van der Waals surface area contributed by atoms with Crippen LogP contribution < -0.4 is 0 Å². The van der Waals surface area contributed by atoms with E-state index in [0.717, 1.165) is 0 Å². The minimum Gasteiger partial charge on any atom is -0.462 e. The van der Waals surface area contributed by atoms with Gasteiger partial charge in [-0.25, -0.2) is 4.79 Å². The van der Waals surface area contributed by atoms with Crippen LogP contribution in [-0.2, 0) is 14.3 Å². The van der Waals surface area contributed by atoms with Crippen LogP contribution in [0.25, 0.3) is 0 Å². The smallest absolute Gasteiger partial charge is 0.366 e. The van der Waals surface area contributed by atoms with Gasteiger partial charge in [0.15, 0.2) is 0 Å². The second-order valence-electron chi connectivity index (χ2n) is 2.87. The van der Waals surface area contributed by atoms with Crippen molar-refractivity contribution in [2.45, 2.75) is 39.6 Å². The van der Waals surface area contributed by atoms with Gasteiger partial charge in [-0.3, -0.25) is 0 Å². The lowest BCUT2D eigenvalue weighted by atomic mass is 10.3. The second kappa shape index (κ2) is 4.42. The number of carbonyl (C=O) groups is 1. The maximum atomic E-state index is 11.0. The Balaban J connectivity index is 4.09. The predicted octanol–water partition coefficient (Wildman–Crippen LogP) is 0.683. The molecule has 1 N–H and O–H groups in total. The van der Waals surface area contributed by atoms with Crippen LogP contribution in [0.2, 0.25) is 0 Å². The highest BCUT2D eigenvalue weighted by Gasteiger charge is 2.33. The van der Waals surface area contributed by atoms with Gasteiger partial charge in [-0.2, -0.15) is 0 Å². The zero-order valence-corrected chi connectivity index (χ0v) is 7.96. The molecule has 0 aromatic heterocycles. The molecular formula is C8H16O4. The van der Waals surface area contributed by atoms with Crippen LogP contribution in [0.3, 0.4) is 0 Å². The van der Waals surface area contributed by atoms with Crippen molar-refractivity contribution in [3.63, 3.8) is 0 Å². The van der Waals surface area contributed by atoms with Crippen molar-refractivity contribution in [1.29, 1.82) is 0 Å². The van der Waals surface area contributed by atoms with Gasteiger partial charge in [0, 0.05) is 6.92 Å². The molecule has 0 saturated carbocycles. The van der Waals surface area contributed by atoms with E-state index >= 15 is 0 Å². The Morgan fingerprint density at radius 2 is 2.08 bits per heavy atom. The summed E-state index contributed by atoms with van der Waals surface area (Å²) in [5, 5.41) is 9.39. The largest absolute Gasteiger partial charge is 0.462 e. The normalized spacial score (nSPS) is 15.8. The quantitative estimate of drug-likeness (QED) is 0.505. The molecule has 0 spiro atoms. The molecule has 4 heteroatoms. The Bertz CT molecular complexity index is 151. The maximum absolute atomic E-state index is 11.0. The summed E-state index contributed by atoms with van der Waals surface area (Å²) in [6.07, 6.45) is -0.218. The first-order chi connectivity index (χ1) is 5.40. The summed E-state index contributed by atoms with van der Waals surface area (Å²) in [5.41, 5.74) is 0. The van der Waals surface area contributed by atoms with Gasteiger partial charge in [0.25, 0.3) is 5.79 Å². The van der Waals surface area contributed by atoms with Gasteiger partial charge in [-0.15, -0.1) is 0 Å². The van der Waals surface area contributed by atoms with E-state index in [4.69, 9.17) is 4.74 Å². The molecule has 1 unspecified atom stereocenters. The van der Waals surface area contributed by atoms with Crippen molar-refractivity contribution in [2.24, 2.45) is 0 Å². The molecule has 0 aromatic rings. The van der Waals surface area contributed by atoms with Crippen LogP contribution in [0.15, 0.2) is 0 Å². The average molecular weight is 176 g/mol. The first-order valence-corrected chi connectivity index (χ1v) is 3.97. The molecule has 0 amide bonds. The van der Waals surface area contributed by atoms with E-state index in [0.29, 0.717) is 0 Å². The Kier molecular flexibility index (Phi) is 4.20. The predicted molar refractivity (Wildman–Crippen MR) is 43.5 cm³/mol. The van der Waals surface area contributed by atoms with Crippen LogP contribution >= 0.6 is 0 Å². The number of hydrogen-bond acceptors (Lipinski definition) is 4. The average Bonchev–Trinajstić information content (AvgIpc) is 1.85. The van der Waals surface area contributed by atoms with Crippen molar-refractivity contribution in [2.75, 3.05) is 6.61 Å². The third-order valence-electron chi connectivity index (χ3n) is 1.12. The highest BCUT2D eigenvalue weighted by Crippen LogP contribution is 2.10. The standard InChI is InChI=1S/C8H16O4/c1-5-11-7(9)8(4,10)12-6(2)3/h6,10H,5H2,1-4H3. The minimum atomic E-state index is -1.83. The molecule has 0 rings (SSSR count). The van der Waals surface area contributed by atoms with E-state index < -0.39 is 11.8 Å². The number of ether oxygens (including phenoxy) is 2. The molecule has 0 aliphatic carbocycles. The van der Waals surface area contributed by atoms with Gasteiger partial charge < -0.3 is 14.6 Å². The van der Waals surface area contributed by atoms with Gasteiger partial charge >= 0.3 is 5.97 Å². The van der Waals surface area contributed by atoms with Crippen LogP contribution in [-0.4, -0.2) is 29.6 Å². The number of aliphatic hydroxyl groups is 1. The molecule has 0 aromatic carbocycles. The molecule has 0 aliphatic heterocycles. The Labute approximate surface area is 72.5 Å². The van der Waals surface area contributed by atoms with Gasteiger partial charge in [-0.05, 0) is 20.8 Å². The summed E-state index contributed by atoms with van der Waals surface area (Å²) in [4.78, 5) is 11.0. The van der Waals surface area contributed by atoms with Gasteiger partial charge in [0.2, 0.25) is 0 Å². The summed E-state index contributed by atoms with van der Waals surface area (Å²) in [5.74, 6) is -2.58. The van der Waals surface area contributed by atoms with Crippen LogP contribution in [0.1, 0.15) is 27.7 Å². The third-order valence-corrected chi connectivity index (χ3v) is 1.12. The van der Waals surface area contributed by atoms with Crippen molar-refractivity contribution in [3.8, 4) is 0 Å². The van der Waals surface area contributed by atoms with E-state index in [2.05, 4.69) is 4.74 Å². The molecule has 0 fully saturated rings. The van der Waals surface area contributed by atoms with Crippen LogP contribution in [0.4, 0.5) is 0 Å². The highest BCUT2D eigenvalue weighted by atomic mass is 16.7. The van der Waals surface area contributed by atoms with Crippen molar-refractivity contribution in [1.82, 2.24) is 0 Å². The van der Waals surface area contributed by atoms with Crippen molar-refractivity contribution < 1.29 is 19.4 Å². The van der Waals surface area contributed by atoms with Gasteiger partial charge in [0.05, 0.1) is 12.7 Å². The molecular weight excluding hydrogens is 160 g/mol. The number of carbonyl (C=O) groups excluding carboxylic acids is 1. The lowest BCUT2D eigenvalue weighted by molar-refractivity contribution is -0.231. The van der Waals surface area contributed by atoms with E-state index in [1.54, 1.807) is 20.8 Å². The monoisotopic (exact) mass is 176 g/mol. The second-order valence-corrected chi connectivity index (χ2v) is 2.87. The van der Waals surface area contributed by atoms with E-state index in [9.17, 15) is 9.90 Å². The molecule has 0 heterocycles. The maximum Gasteiger partial charge on any atom is 0.366 e. The molecule has 0 bridgehead atoms. The number of rotatable bonds is 4. The van der Waals surface area contributed by atoms with Crippen LogP contribution in [0.5, 0.6) is 0 Å². The fourth-order valence-electron chi connectivity index (χ4n) is 0.772. The third kappa shape index (κ3) is 3.69. The molecule has 0 saturated heterocycles. The molecule has 72 valence electrons. The molecule has 4 nitrogen and oxygen atoms in total. The number of hydrogen-bond donors (Lipinski definition) is 1. The molecule has 12 heavy (non-hydrogen) atoms. The van der Waals surface area contributed by atoms with E-state index in [1.807, 2.05) is 0 Å². The molecule has 1 atom stereocenters. The highest BCUT2D eigenvalue weighted by molar-refractivity contribution is 5.76. The summed E-state index contributed by atoms with van der Waals surface area (Å²) in [6, 6.07) is 0. The van der Waals surface area contributed by atoms with E-state index in [1.165, 1.54) is 6.92 Å². The Morgan fingerprint density at radius 3 is 2.42 bits per heavy atom. The topological polar surface area (TPSA) is 55.8 Å². The Hall–Kier alpha value is -0.610. The lowest BCUT2D eigenvalue weighted by Gasteiger charge is -2.23. The SMILES string of the molecule is CCOC(=O)C(C)(O)OC(C)C. The molecule has 0 radical (unpaired) electrons. The summed E-state index contributed by atoms with van der Waals surface area (Å²) in [6.45, 7) is 6.63. The first kappa shape index (κ1) is 11.4. The van der Waals surface area contributed by atoms with Crippen molar-refractivity contribution >= 4 is 5.97 Å². The zero-order chi connectivity index (χ0) is 9.78. The summed E-state index contributed by atoms with van der Waals surface area (Å²) >= 11 is 0. The lowest BCUT2D eigenvalue weighted by Crippen LogP contribution is -2.41. The van der Waals surface area contributed by atoms with Crippen molar-refractivity contribution in [3.05, 3.63) is 0 Å². The fraction of sp³-hybridized carbons (Fsp3) is 0.875. The summed E-state index contributed by atoms with van der Waals surface area (Å²) in [7, 11) is 0. The Morgan fingerprint density at radius 1 is 1.58 bits per heavy atom. The summed E-state index contributed by atoms with van der Waals surface area (Å²) < 4.78 is 9.53. The zero-order valence-electron chi connectivity index (χ0n) is 7.96. The van der Waals surface area contributed by atoms with Gasteiger partial charge in [-0.1, -0.05) is 0 Å². The van der Waals surface area contributed by atoms with Gasteiger partial charge in [0.1, 0.15) is 0 Å². The minimum absolute atomic E-state index is 0.218. The number of esters is 1. The fourth-order valence-corrected chi connectivity index (χ4v) is 0.772. The first-order valence-electron chi connectivity index (χ1n) is 3.97. The van der Waals surface area contributed by atoms with E-state index in [-0.39, 0.29) is 12.7 Å². The molecule has 0 aliphatic rings. The van der Waals surface area contributed by atoms with Crippen LogP contribution in [0, 0.1) is 0 Å².